The largest absolute Gasteiger partial charge is 0.493 e. The van der Waals surface area contributed by atoms with Crippen molar-refractivity contribution in [2.24, 2.45) is 0 Å². The zero-order valence-corrected chi connectivity index (χ0v) is 17.5. The molecule has 0 atom stereocenters. The number of ether oxygens (including phenoxy) is 3. The Morgan fingerprint density at radius 3 is 2.65 bits per heavy atom. The van der Waals surface area contributed by atoms with E-state index in [1.807, 2.05) is 0 Å². The van der Waals surface area contributed by atoms with Crippen LogP contribution in [0.5, 0.6) is 23.0 Å². The average molecular weight is 427 g/mol. The maximum absolute atomic E-state index is 14.4. The second kappa shape index (κ2) is 9.36. The number of aliphatic hydroxyl groups excluding tert-OH is 1. The van der Waals surface area contributed by atoms with Crippen LogP contribution in [0.15, 0.2) is 42.6 Å². The highest BCUT2D eigenvalue weighted by Crippen LogP contribution is 2.37. The SMILES string of the molecule is CNc1ccc(Oc2ccnc3cc(OCCNC4CC(O)C4)c(OC)cc23)c(F)c1. The molecule has 1 fully saturated rings. The van der Waals surface area contributed by atoms with Crippen molar-refractivity contribution >= 4 is 16.6 Å². The topological polar surface area (TPSA) is 84.9 Å². The van der Waals surface area contributed by atoms with Crippen molar-refractivity contribution in [3.05, 3.63) is 48.4 Å². The molecule has 4 rings (SSSR count). The number of halogens is 1. The van der Waals surface area contributed by atoms with E-state index >= 15 is 0 Å². The van der Waals surface area contributed by atoms with Crippen molar-refractivity contribution < 1.29 is 23.7 Å². The third kappa shape index (κ3) is 4.81. The smallest absolute Gasteiger partial charge is 0.167 e. The second-order valence-corrected chi connectivity index (χ2v) is 7.45. The van der Waals surface area contributed by atoms with Gasteiger partial charge in [-0.05, 0) is 37.1 Å². The predicted molar refractivity (Wildman–Crippen MR) is 117 cm³/mol. The van der Waals surface area contributed by atoms with Gasteiger partial charge in [0, 0.05) is 49.0 Å². The van der Waals surface area contributed by atoms with Crippen molar-refractivity contribution in [2.45, 2.75) is 25.0 Å². The van der Waals surface area contributed by atoms with Crippen LogP contribution in [0.1, 0.15) is 12.8 Å². The Morgan fingerprint density at radius 2 is 1.94 bits per heavy atom. The molecular formula is C23H26FN3O4. The molecule has 1 aliphatic carbocycles. The molecule has 0 radical (unpaired) electrons. The van der Waals surface area contributed by atoms with E-state index in [-0.39, 0.29) is 11.9 Å². The summed E-state index contributed by atoms with van der Waals surface area (Å²) in [4.78, 5) is 4.39. The van der Waals surface area contributed by atoms with Crippen molar-refractivity contribution in [2.75, 3.05) is 32.6 Å². The molecule has 1 aromatic heterocycles. The van der Waals surface area contributed by atoms with Crippen LogP contribution >= 0.6 is 0 Å². The van der Waals surface area contributed by atoms with Gasteiger partial charge in [-0.25, -0.2) is 4.39 Å². The van der Waals surface area contributed by atoms with Crippen LogP contribution in [0, 0.1) is 5.82 Å². The first-order valence-corrected chi connectivity index (χ1v) is 10.2. The van der Waals surface area contributed by atoms with Crippen LogP contribution in [0.2, 0.25) is 0 Å². The molecule has 3 aromatic rings. The Balaban J connectivity index is 1.51. The van der Waals surface area contributed by atoms with Crippen LogP contribution in [0.3, 0.4) is 0 Å². The Bertz CT molecular complexity index is 1060. The fourth-order valence-electron chi connectivity index (χ4n) is 3.53. The van der Waals surface area contributed by atoms with Gasteiger partial charge in [-0.2, -0.15) is 0 Å². The van der Waals surface area contributed by atoms with Gasteiger partial charge >= 0.3 is 0 Å². The summed E-state index contributed by atoms with van der Waals surface area (Å²) in [5.41, 5.74) is 1.31. The lowest BCUT2D eigenvalue weighted by atomic mass is 9.90. The lowest BCUT2D eigenvalue weighted by molar-refractivity contribution is 0.0611. The molecule has 0 spiro atoms. The van der Waals surface area contributed by atoms with Gasteiger partial charge in [0.2, 0.25) is 0 Å². The summed E-state index contributed by atoms with van der Waals surface area (Å²) in [5.74, 6) is 1.24. The monoisotopic (exact) mass is 427 g/mol. The molecule has 1 heterocycles. The van der Waals surface area contributed by atoms with E-state index in [9.17, 15) is 9.50 Å². The highest BCUT2D eigenvalue weighted by Gasteiger charge is 2.26. The van der Waals surface area contributed by atoms with Gasteiger partial charge in [0.25, 0.3) is 0 Å². The summed E-state index contributed by atoms with van der Waals surface area (Å²) in [7, 11) is 3.29. The first-order valence-electron chi connectivity index (χ1n) is 10.2. The summed E-state index contributed by atoms with van der Waals surface area (Å²) in [6.07, 6.45) is 2.99. The van der Waals surface area contributed by atoms with E-state index in [4.69, 9.17) is 14.2 Å². The molecule has 7 nitrogen and oxygen atoms in total. The molecule has 2 aromatic carbocycles. The number of hydrogen-bond donors (Lipinski definition) is 3. The fourth-order valence-corrected chi connectivity index (χ4v) is 3.53. The quantitative estimate of drug-likeness (QED) is 0.449. The number of hydrogen-bond acceptors (Lipinski definition) is 7. The van der Waals surface area contributed by atoms with Gasteiger partial charge in [0.15, 0.2) is 23.1 Å². The molecule has 31 heavy (non-hydrogen) atoms. The average Bonchev–Trinajstić information content (AvgIpc) is 2.76. The maximum Gasteiger partial charge on any atom is 0.167 e. The summed E-state index contributed by atoms with van der Waals surface area (Å²) in [5, 5.41) is 16.3. The molecule has 0 unspecified atom stereocenters. The van der Waals surface area contributed by atoms with Gasteiger partial charge in [0.05, 0.1) is 18.7 Å². The lowest BCUT2D eigenvalue weighted by Crippen LogP contribution is -2.45. The minimum atomic E-state index is -0.463. The molecular weight excluding hydrogens is 401 g/mol. The fraction of sp³-hybridized carbons (Fsp3) is 0.348. The number of aliphatic hydroxyl groups is 1. The minimum Gasteiger partial charge on any atom is -0.493 e. The van der Waals surface area contributed by atoms with Gasteiger partial charge in [-0.3, -0.25) is 4.98 Å². The van der Waals surface area contributed by atoms with E-state index in [1.165, 1.54) is 6.07 Å². The van der Waals surface area contributed by atoms with E-state index in [0.717, 1.165) is 12.8 Å². The second-order valence-electron chi connectivity index (χ2n) is 7.45. The van der Waals surface area contributed by atoms with E-state index in [2.05, 4.69) is 15.6 Å². The standard InChI is InChI=1S/C23H26FN3O4/c1-25-14-3-4-21(18(24)11-14)31-20-5-6-27-19-13-23(22(29-2)12-17(19)20)30-8-7-26-15-9-16(28)10-15/h3-6,11-13,15-16,25-26,28H,7-10H2,1-2H3. The van der Waals surface area contributed by atoms with Crippen LogP contribution < -0.4 is 24.8 Å². The zero-order chi connectivity index (χ0) is 21.8. The maximum atomic E-state index is 14.4. The molecule has 164 valence electrons. The molecule has 1 aliphatic rings. The number of anilines is 1. The van der Waals surface area contributed by atoms with Crippen LogP contribution in [0.25, 0.3) is 10.9 Å². The number of fused-ring (bicyclic) bond motifs is 1. The van der Waals surface area contributed by atoms with Gasteiger partial charge in [-0.15, -0.1) is 0 Å². The highest BCUT2D eigenvalue weighted by molar-refractivity contribution is 5.88. The number of benzene rings is 2. The Morgan fingerprint density at radius 1 is 1.10 bits per heavy atom. The molecule has 0 aliphatic heterocycles. The Labute approximate surface area is 180 Å². The van der Waals surface area contributed by atoms with Crippen molar-refractivity contribution in [1.29, 1.82) is 0 Å². The molecule has 0 saturated heterocycles. The van der Waals surface area contributed by atoms with E-state index in [0.29, 0.717) is 53.0 Å². The number of methoxy groups -OCH3 is 1. The Hall–Kier alpha value is -3.10. The van der Waals surface area contributed by atoms with Crippen LogP contribution in [-0.2, 0) is 0 Å². The Kier molecular flexibility index (Phi) is 6.39. The molecule has 3 N–H and O–H groups in total. The van der Waals surface area contributed by atoms with Crippen molar-refractivity contribution in [3.8, 4) is 23.0 Å². The predicted octanol–water partition coefficient (Wildman–Crippen LogP) is 3.71. The number of nitrogens with one attached hydrogen (secondary N) is 2. The summed E-state index contributed by atoms with van der Waals surface area (Å²) in [6, 6.07) is 10.3. The molecule has 0 bridgehead atoms. The first kappa shape index (κ1) is 21.1. The molecule has 1 saturated carbocycles. The zero-order valence-electron chi connectivity index (χ0n) is 17.5. The highest BCUT2D eigenvalue weighted by atomic mass is 19.1. The summed E-state index contributed by atoms with van der Waals surface area (Å²) >= 11 is 0. The van der Waals surface area contributed by atoms with Crippen LogP contribution in [0.4, 0.5) is 10.1 Å². The van der Waals surface area contributed by atoms with Gasteiger partial charge in [0.1, 0.15) is 12.4 Å². The van der Waals surface area contributed by atoms with E-state index in [1.54, 1.807) is 50.7 Å². The van der Waals surface area contributed by atoms with E-state index < -0.39 is 5.82 Å². The summed E-state index contributed by atoms with van der Waals surface area (Å²) < 4.78 is 31.6. The van der Waals surface area contributed by atoms with Gasteiger partial charge in [-0.1, -0.05) is 0 Å². The third-order valence-corrected chi connectivity index (χ3v) is 5.33. The number of pyridine rings is 1. The van der Waals surface area contributed by atoms with Crippen molar-refractivity contribution in [3.63, 3.8) is 0 Å². The lowest BCUT2D eigenvalue weighted by Gasteiger charge is -2.32. The molecule has 0 amide bonds. The third-order valence-electron chi connectivity index (χ3n) is 5.33. The normalized spacial score (nSPS) is 17.8. The van der Waals surface area contributed by atoms with Gasteiger partial charge < -0.3 is 30.0 Å². The molecule has 8 heteroatoms. The number of rotatable bonds is 9. The number of nitrogens with zero attached hydrogens (tertiary/aromatic N) is 1. The van der Waals surface area contributed by atoms with Crippen LogP contribution in [-0.4, -0.2) is 49.5 Å². The minimum absolute atomic E-state index is 0.123. The van der Waals surface area contributed by atoms with Crippen molar-refractivity contribution in [1.82, 2.24) is 10.3 Å². The first-order chi connectivity index (χ1) is 15.1. The number of aromatic nitrogens is 1. The summed E-state index contributed by atoms with van der Waals surface area (Å²) in [6.45, 7) is 1.12.